The van der Waals surface area contributed by atoms with Crippen molar-refractivity contribution in [2.75, 3.05) is 0 Å². The van der Waals surface area contributed by atoms with Gasteiger partial charge in [-0.3, -0.25) is 9.78 Å². The lowest BCUT2D eigenvalue weighted by atomic mass is 9.84. The van der Waals surface area contributed by atoms with Gasteiger partial charge in [-0.25, -0.2) is 0 Å². The third-order valence-corrected chi connectivity index (χ3v) is 4.23. The molecule has 0 amide bonds. The molecule has 1 aromatic heterocycles. The zero-order valence-corrected chi connectivity index (χ0v) is 12.5. The number of ether oxygens (including phenoxy) is 1. The second kappa shape index (κ2) is 5.49. The standard InChI is InChI=1S/C14H18BrNO2/c1-8-9(2)18-10(3)14(8)13(17)6-12-5-4-11(15)7-16-12/h4-5,7-10,14H,6H2,1-3H3. The van der Waals surface area contributed by atoms with Crippen LogP contribution in [0.3, 0.4) is 0 Å². The highest BCUT2D eigenvalue weighted by atomic mass is 79.9. The van der Waals surface area contributed by atoms with Crippen molar-refractivity contribution in [1.29, 1.82) is 0 Å². The number of carbonyl (C=O) groups is 1. The summed E-state index contributed by atoms with van der Waals surface area (Å²) < 4.78 is 6.64. The molecule has 0 bridgehead atoms. The molecule has 0 radical (unpaired) electrons. The van der Waals surface area contributed by atoms with E-state index in [1.807, 2.05) is 26.0 Å². The maximum atomic E-state index is 12.3. The fraction of sp³-hybridized carbons (Fsp3) is 0.571. The van der Waals surface area contributed by atoms with Crippen LogP contribution in [0.4, 0.5) is 0 Å². The Morgan fingerprint density at radius 1 is 1.33 bits per heavy atom. The first kappa shape index (κ1) is 13.7. The second-order valence-corrected chi connectivity index (χ2v) is 5.96. The first-order valence-corrected chi connectivity index (χ1v) is 7.07. The van der Waals surface area contributed by atoms with E-state index in [1.165, 1.54) is 0 Å². The normalized spacial score (nSPS) is 31.6. The first-order valence-electron chi connectivity index (χ1n) is 6.27. The van der Waals surface area contributed by atoms with Crippen LogP contribution >= 0.6 is 15.9 Å². The molecule has 2 rings (SSSR count). The van der Waals surface area contributed by atoms with E-state index < -0.39 is 0 Å². The maximum Gasteiger partial charge on any atom is 0.144 e. The van der Waals surface area contributed by atoms with Crippen LogP contribution in [0.5, 0.6) is 0 Å². The minimum absolute atomic E-state index is 0.00885. The van der Waals surface area contributed by atoms with Crippen LogP contribution in [-0.4, -0.2) is 23.0 Å². The minimum Gasteiger partial charge on any atom is -0.375 e. The summed E-state index contributed by atoms with van der Waals surface area (Å²) in [5.74, 6) is 0.502. The molecule has 1 saturated heterocycles. The van der Waals surface area contributed by atoms with Gasteiger partial charge >= 0.3 is 0 Å². The highest BCUT2D eigenvalue weighted by molar-refractivity contribution is 9.10. The Balaban J connectivity index is 2.06. The molecular weight excluding hydrogens is 294 g/mol. The molecule has 1 aromatic rings. The molecule has 18 heavy (non-hydrogen) atoms. The third kappa shape index (κ3) is 2.81. The Morgan fingerprint density at radius 3 is 2.56 bits per heavy atom. The van der Waals surface area contributed by atoms with E-state index in [1.54, 1.807) is 6.20 Å². The van der Waals surface area contributed by atoms with Gasteiger partial charge in [0.15, 0.2) is 0 Å². The first-order chi connectivity index (χ1) is 8.49. The molecule has 98 valence electrons. The zero-order valence-electron chi connectivity index (χ0n) is 10.9. The Labute approximate surface area is 116 Å². The number of aromatic nitrogens is 1. The number of pyridine rings is 1. The summed E-state index contributed by atoms with van der Waals surface area (Å²) in [5, 5.41) is 0. The average Bonchev–Trinajstić information content (AvgIpc) is 2.56. The van der Waals surface area contributed by atoms with Gasteiger partial charge in [0, 0.05) is 28.7 Å². The SMILES string of the molecule is CC1OC(C)C(C(=O)Cc2ccc(Br)cn2)C1C. The van der Waals surface area contributed by atoms with Gasteiger partial charge in [-0.15, -0.1) is 0 Å². The number of carbonyl (C=O) groups excluding carboxylic acids is 1. The van der Waals surface area contributed by atoms with Crippen molar-refractivity contribution in [2.45, 2.75) is 39.4 Å². The van der Waals surface area contributed by atoms with Crippen molar-refractivity contribution in [1.82, 2.24) is 4.98 Å². The lowest BCUT2D eigenvalue weighted by Gasteiger charge is -2.16. The van der Waals surface area contributed by atoms with E-state index in [0.717, 1.165) is 10.2 Å². The van der Waals surface area contributed by atoms with E-state index in [4.69, 9.17) is 4.74 Å². The van der Waals surface area contributed by atoms with E-state index in [0.29, 0.717) is 6.42 Å². The molecule has 3 nitrogen and oxygen atoms in total. The molecule has 4 atom stereocenters. The van der Waals surface area contributed by atoms with E-state index >= 15 is 0 Å². The predicted octanol–water partition coefficient (Wildman–Crippen LogP) is 3.02. The quantitative estimate of drug-likeness (QED) is 0.861. The van der Waals surface area contributed by atoms with Crippen molar-refractivity contribution in [3.05, 3.63) is 28.5 Å². The summed E-state index contributed by atoms with van der Waals surface area (Å²) >= 11 is 3.34. The topological polar surface area (TPSA) is 39.2 Å². The van der Waals surface area contributed by atoms with Crippen molar-refractivity contribution in [2.24, 2.45) is 11.8 Å². The zero-order chi connectivity index (χ0) is 13.3. The third-order valence-electron chi connectivity index (χ3n) is 3.76. The van der Waals surface area contributed by atoms with Crippen LogP contribution in [0, 0.1) is 11.8 Å². The molecule has 1 aliphatic heterocycles. The summed E-state index contributed by atoms with van der Waals surface area (Å²) in [5.41, 5.74) is 0.821. The van der Waals surface area contributed by atoms with Gasteiger partial charge in [-0.1, -0.05) is 6.92 Å². The van der Waals surface area contributed by atoms with Crippen molar-refractivity contribution in [3.63, 3.8) is 0 Å². The predicted molar refractivity (Wildman–Crippen MR) is 73.3 cm³/mol. The highest BCUT2D eigenvalue weighted by Gasteiger charge is 2.41. The molecule has 0 N–H and O–H groups in total. The van der Waals surface area contributed by atoms with Gasteiger partial charge in [0.1, 0.15) is 5.78 Å². The summed E-state index contributed by atoms with van der Waals surface area (Å²) in [7, 11) is 0. The summed E-state index contributed by atoms with van der Waals surface area (Å²) in [6.45, 7) is 6.11. The number of hydrogen-bond acceptors (Lipinski definition) is 3. The van der Waals surface area contributed by atoms with Gasteiger partial charge in [0.2, 0.25) is 0 Å². The van der Waals surface area contributed by atoms with Crippen LogP contribution in [0.2, 0.25) is 0 Å². The number of halogens is 1. The molecule has 0 aromatic carbocycles. The molecule has 2 heterocycles. The molecule has 1 fully saturated rings. The second-order valence-electron chi connectivity index (χ2n) is 5.04. The molecular formula is C14H18BrNO2. The summed E-state index contributed by atoms with van der Waals surface area (Å²) in [6.07, 6.45) is 2.29. The van der Waals surface area contributed by atoms with Crippen LogP contribution in [-0.2, 0) is 16.0 Å². The largest absolute Gasteiger partial charge is 0.375 e. The molecule has 0 spiro atoms. The van der Waals surface area contributed by atoms with E-state index in [-0.39, 0.29) is 29.8 Å². The Kier molecular flexibility index (Phi) is 4.17. The molecule has 0 aliphatic carbocycles. The van der Waals surface area contributed by atoms with Crippen LogP contribution in [0.1, 0.15) is 26.5 Å². The minimum atomic E-state index is -0.00885. The van der Waals surface area contributed by atoms with Gasteiger partial charge < -0.3 is 4.74 Å². The Morgan fingerprint density at radius 2 is 2.06 bits per heavy atom. The van der Waals surface area contributed by atoms with E-state index in [9.17, 15) is 4.79 Å². The number of ketones is 1. The molecule has 4 heteroatoms. The smallest absolute Gasteiger partial charge is 0.144 e. The van der Waals surface area contributed by atoms with Crippen molar-refractivity contribution >= 4 is 21.7 Å². The van der Waals surface area contributed by atoms with E-state index in [2.05, 4.69) is 27.8 Å². The molecule has 0 saturated carbocycles. The van der Waals surface area contributed by atoms with Gasteiger partial charge in [-0.2, -0.15) is 0 Å². The summed E-state index contributed by atoms with van der Waals surface area (Å²) in [6, 6.07) is 3.80. The monoisotopic (exact) mass is 311 g/mol. The summed E-state index contributed by atoms with van der Waals surface area (Å²) in [4.78, 5) is 16.6. The number of hydrogen-bond donors (Lipinski definition) is 0. The lowest BCUT2D eigenvalue weighted by Crippen LogP contribution is -2.28. The van der Waals surface area contributed by atoms with Crippen LogP contribution in [0.25, 0.3) is 0 Å². The number of nitrogens with zero attached hydrogens (tertiary/aromatic N) is 1. The van der Waals surface area contributed by atoms with Crippen molar-refractivity contribution in [3.8, 4) is 0 Å². The lowest BCUT2D eigenvalue weighted by molar-refractivity contribution is -0.124. The van der Waals surface area contributed by atoms with Gasteiger partial charge in [0.25, 0.3) is 0 Å². The molecule has 4 unspecified atom stereocenters. The Hall–Kier alpha value is -0.740. The highest BCUT2D eigenvalue weighted by Crippen LogP contribution is 2.33. The number of Topliss-reactive ketones (excluding diaryl/α,β-unsaturated/α-hetero) is 1. The fourth-order valence-corrected chi connectivity index (χ4v) is 2.86. The Bertz CT molecular complexity index is 432. The van der Waals surface area contributed by atoms with Crippen LogP contribution in [0.15, 0.2) is 22.8 Å². The van der Waals surface area contributed by atoms with Gasteiger partial charge in [-0.05, 0) is 47.8 Å². The van der Waals surface area contributed by atoms with Crippen molar-refractivity contribution < 1.29 is 9.53 Å². The molecule has 1 aliphatic rings. The maximum absolute atomic E-state index is 12.3. The van der Waals surface area contributed by atoms with Crippen LogP contribution < -0.4 is 0 Å². The fourth-order valence-electron chi connectivity index (χ4n) is 2.63. The number of rotatable bonds is 3. The average molecular weight is 312 g/mol. The van der Waals surface area contributed by atoms with Gasteiger partial charge in [0.05, 0.1) is 12.2 Å².